The fourth-order valence-corrected chi connectivity index (χ4v) is 4.94. The van der Waals surface area contributed by atoms with Crippen molar-refractivity contribution in [2.45, 2.75) is 37.6 Å². The fourth-order valence-electron chi connectivity index (χ4n) is 4.94. The minimum absolute atomic E-state index is 0.00139. The predicted octanol–water partition coefficient (Wildman–Crippen LogP) is 3.63. The zero-order chi connectivity index (χ0) is 22.7. The second-order valence-corrected chi connectivity index (χ2v) is 8.62. The highest BCUT2D eigenvalue weighted by atomic mass is 16.5. The molecule has 2 aromatic carbocycles. The van der Waals surface area contributed by atoms with Crippen LogP contribution in [0.3, 0.4) is 0 Å². The van der Waals surface area contributed by atoms with E-state index >= 15 is 0 Å². The lowest BCUT2D eigenvalue weighted by Gasteiger charge is -2.31. The van der Waals surface area contributed by atoms with Gasteiger partial charge in [-0.05, 0) is 41.5 Å². The van der Waals surface area contributed by atoms with E-state index in [2.05, 4.69) is 29.6 Å². The fraction of sp³-hybridized carbons (Fsp3) is 0.400. The second-order valence-electron chi connectivity index (χ2n) is 8.62. The highest BCUT2D eigenvalue weighted by Gasteiger charge is 2.32. The minimum atomic E-state index is -1.04. The first-order chi connectivity index (χ1) is 15.4. The molecule has 0 radical (unpaired) electrons. The number of carboxylic acid groups (broad SMARTS) is 1. The van der Waals surface area contributed by atoms with E-state index in [9.17, 15) is 14.4 Å². The van der Waals surface area contributed by atoms with Crippen molar-refractivity contribution >= 4 is 18.0 Å². The number of nitrogens with one attached hydrogen (secondary N) is 1. The van der Waals surface area contributed by atoms with Gasteiger partial charge in [0.2, 0.25) is 5.91 Å². The van der Waals surface area contributed by atoms with E-state index in [0.717, 1.165) is 24.0 Å². The molecular formula is C25H28N2O5. The molecule has 2 atom stereocenters. The van der Waals surface area contributed by atoms with Gasteiger partial charge in [-0.15, -0.1) is 0 Å². The topological polar surface area (TPSA) is 95.9 Å². The number of alkyl carbamates (subject to hydrolysis) is 1. The van der Waals surface area contributed by atoms with Crippen molar-refractivity contribution in [3.05, 3.63) is 59.7 Å². The first-order valence-electron chi connectivity index (χ1n) is 11.0. The normalized spacial score (nSPS) is 19.5. The Hall–Kier alpha value is -3.35. The lowest BCUT2D eigenvalue weighted by molar-refractivity contribution is -0.145. The van der Waals surface area contributed by atoms with Crippen LogP contribution in [0.4, 0.5) is 4.79 Å². The molecule has 7 heteroatoms. The van der Waals surface area contributed by atoms with Crippen LogP contribution in [0.5, 0.6) is 0 Å². The Labute approximate surface area is 187 Å². The first kappa shape index (κ1) is 21.9. The van der Waals surface area contributed by atoms with Crippen LogP contribution in [0, 0.1) is 5.92 Å². The van der Waals surface area contributed by atoms with Gasteiger partial charge in [0.25, 0.3) is 0 Å². The average Bonchev–Trinajstić information content (AvgIpc) is 3.10. The molecule has 32 heavy (non-hydrogen) atoms. The van der Waals surface area contributed by atoms with Crippen LogP contribution in [0.2, 0.25) is 0 Å². The molecule has 2 aromatic rings. The van der Waals surface area contributed by atoms with Crippen molar-refractivity contribution < 1.29 is 24.2 Å². The van der Waals surface area contributed by atoms with Gasteiger partial charge in [0, 0.05) is 24.9 Å². The molecule has 1 fully saturated rings. The molecule has 0 aliphatic heterocycles. The van der Waals surface area contributed by atoms with Crippen molar-refractivity contribution in [1.82, 2.24) is 10.2 Å². The van der Waals surface area contributed by atoms with Gasteiger partial charge in [-0.1, -0.05) is 55.0 Å². The summed E-state index contributed by atoms with van der Waals surface area (Å²) >= 11 is 0. The third kappa shape index (κ3) is 4.61. The van der Waals surface area contributed by atoms with Gasteiger partial charge in [-0.2, -0.15) is 0 Å². The SMILES string of the molecule is CN(CC(=O)O)C(=O)[C@@H]1CCC[C@H](NC(=O)OCC2c3ccccc3-c3ccccc32)C1. The molecule has 168 valence electrons. The van der Waals surface area contributed by atoms with Crippen LogP contribution < -0.4 is 5.32 Å². The maximum absolute atomic E-state index is 12.5. The van der Waals surface area contributed by atoms with Crippen LogP contribution in [-0.2, 0) is 14.3 Å². The molecule has 2 aliphatic rings. The molecule has 2 amide bonds. The van der Waals surface area contributed by atoms with Crippen molar-refractivity contribution in [3.8, 4) is 11.1 Å². The van der Waals surface area contributed by atoms with Crippen LogP contribution >= 0.6 is 0 Å². The van der Waals surface area contributed by atoms with E-state index in [1.165, 1.54) is 23.1 Å². The quantitative estimate of drug-likeness (QED) is 0.721. The monoisotopic (exact) mass is 436 g/mol. The molecule has 0 unspecified atom stereocenters. The van der Waals surface area contributed by atoms with E-state index in [1.807, 2.05) is 24.3 Å². The molecule has 7 nitrogen and oxygen atoms in total. The number of carbonyl (C=O) groups is 3. The Kier molecular flexibility index (Phi) is 6.44. The summed E-state index contributed by atoms with van der Waals surface area (Å²) in [6.45, 7) is -0.0733. The molecule has 0 bridgehead atoms. The van der Waals surface area contributed by atoms with Crippen LogP contribution in [0.25, 0.3) is 11.1 Å². The van der Waals surface area contributed by atoms with Gasteiger partial charge in [-0.25, -0.2) is 4.79 Å². The largest absolute Gasteiger partial charge is 0.480 e. The molecule has 0 spiro atoms. The van der Waals surface area contributed by atoms with Crippen molar-refractivity contribution in [3.63, 3.8) is 0 Å². The van der Waals surface area contributed by atoms with Gasteiger partial charge < -0.3 is 20.1 Å². The number of likely N-dealkylation sites (N-methyl/N-ethyl adjacent to an activating group) is 1. The summed E-state index contributed by atoms with van der Waals surface area (Å²) in [5, 5.41) is 11.8. The highest BCUT2D eigenvalue weighted by Crippen LogP contribution is 2.44. The van der Waals surface area contributed by atoms with E-state index in [4.69, 9.17) is 9.84 Å². The molecule has 1 saturated carbocycles. The van der Waals surface area contributed by atoms with Crippen LogP contribution in [0.15, 0.2) is 48.5 Å². The molecule has 0 saturated heterocycles. The highest BCUT2D eigenvalue weighted by molar-refractivity contribution is 5.83. The maximum atomic E-state index is 12.5. The molecule has 4 rings (SSSR count). The molecule has 2 N–H and O–H groups in total. The lowest BCUT2D eigenvalue weighted by Crippen LogP contribution is -2.44. The number of ether oxygens (including phenoxy) is 1. The first-order valence-corrected chi connectivity index (χ1v) is 11.0. The van der Waals surface area contributed by atoms with E-state index in [0.29, 0.717) is 12.8 Å². The minimum Gasteiger partial charge on any atom is -0.480 e. The summed E-state index contributed by atoms with van der Waals surface area (Å²) in [5.41, 5.74) is 4.67. The number of nitrogens with zero attached hydrogens (tertiary/aromatic N) is 1. The number of hydrogen-bond donors (Lipinski definition) is 2. The third-order valence-corrected chi connectivity index (χ3v) is 6.44. The number of benzene rings is 2. The van der Waals surface area contributed by atoms with Gasteiger partial charge in [0.05, 0.1) is 0 Å². The van der Waals surface area contributed by atoms with Gasteiger partial charge in [0.15, 0.2) is 0 Å². The Morgan fingerprint density at radius 1 is 1.03 bits per heavy atom. The number of aliphatic carboxylic acids is 1. The summed E-state index contributed by atoms with van der Waals surface area (Å²) in [4.78, 5) is 37.2. The summed E-state index contributed by atoms with van der Waals surface area (Å²) < 4.78 is 5.62. The van der Waals surface area contributed by atoms with E-state index in [-0.39, 0.29) is 36.9 Å². The lowest BCUT2D eigenvalue weighted by atomic mass is 9.85. The molecule has 2 aliphatic carbocycles. The average molecular weight is 437 g/mol. The van der Waals surface area contributed by atoms with Crippen LogP contribution in [0.1, 0.15) is 42.7 Å². The van der Waals surface area contributed by atoms with E-state index < -0.39 is 12.1 Å². The van der Waals surface area contributed by atoms with Crippen molar-refractivity contribution in [1.29, 1.82) is 0 Å². The standard InChI is InChI=1S/C25H28N2O5/c1-27(14-23(28)29)24(30)16-7-6-8-17(13-16)26-25(31)32-15-22-20-11-4-2-9-18(20)19-10-3-5-12-21(19)22/h2-5,9-12,16-17,22H,6-8,13-15H2,1H3,(H,26,31)(H,28,29)/t16-,17+/m1/s1. The number of carboxylic acids is 1. The number of rotatable bonds is 6. The smallest absolute Gasteiger partial charge is 0.407 e. The molecule has 0 heterocycles. The van der Waals surface area contributed by atoms with Gasteiger partial charge >= 0.3 is 12.1 Å². The Balaban J connectivity index is 1.34. The van der Waals surface area contributed by atoms with Gasteiger partial charge in [0.1, 0.15) is 13.2 Å². The molecule has 0 aromatic heterocycles. The Morgan fingerprint density at radius 3 is 2.28 bits per heavy atom. The number of amides is 2. The maximum Gasteiger partial charge on any atom is 0.407 e. The predicted molar refractivity (Wildman–Crippen MR) is 119 cm³/mol. The van der Waals surface area contributed by atoms with Crippen LogP contribution in [-0.4, -0.2) is 54.2 Å². The number of fused-ring (bicyclic) bond motifs is 3. The zero-order valence-electron chi connectivity index (χ0n) is 18.1. The van der Waals surface area contributed by atoms with E-state index in [1.54, 1.807) is 0 Å². The summed E-state index contributed by atoms with van der Waals surface area (Å²) in [5.74, 6) is -1.51. The van der Waals surface area contributed by atoms with Crippen molar-refractivity contribution in [2.75, 3.05) is 20.2 Å². The Morgan fingerprint density at radius 2 is 1.66 bits per heavy atom. The Bertz CT molecular complexity index is 975. The summed E-state index contributed by atoms with van der Waals surface area (Å²) in [7, 11) is 1.50. The second kappa shape index (κ2) is 9.42. The van der Waals surface area contributed by atoms with Crippen molar-refractivity contribution in [2.24, 2.45) is 5.92 Å². The third-order valence-electron chi connectivity index (χ3n) is 6.44. The number of carbonyl (C=O) groups excluding carboxylic acids is 2. The number of hydrogen-bond acceptors (Lipinski definition) is 4. The molecular weight excluding hydrogens is 408 g/mol. The summed E-state index contributed by atoms with van der Waals surface area (Å²) in [6.07, 6.45) is 2.28. The summed E-state index contributed by atoms with van der Waals surface area (Å²) in [6, 6.07) is 16.2. The zero-order valence-corrected chi connectivity index (χ0v) is 18.1. The van der Waals surface area contributed by atoms with Gasteiger partial charge in [-0.3, -0.25) is 9.59 Å².